The van der Waals surface area contributed by atoms with Crippen LogP contribution in [-0.2, 0) is 24.3 Å². The molecule has 2 rings (SSSR count). The Bertz CT molecular complexity index is 842. The Morgan fingerprint density at radius 1 is 1.15 bits per heavy atom. The molecule has 11 heteroatoms. The number of hydrogen-bond acceptors (Lipinski definition) is 8. The van der Waals surface area contributed by atoms with Gasteiger partial charge in [0, 0.05) is 6.54 Å². The second-order valence-corrected chi connectivity index (χ2v) is 8.77. The predicted octanol–water partition coefficient (Wildman–Crippen LogP) is 1.26. The molecule has 0 unspecified atom stereocenters. The number of nitrogens with zero attached hydrogens (tertiary/aromatic N) is 1. The third-order valence-corrected chi connectivity index (χ3v) is 7.83. The number of piperidine rings is 1. The zero-order valence-electron chi connectivity index (χ0n) is 14.5. The molecule has 0 bridgehead atoms. The molecule has 0 aliphatic carbocycles. The van der Waals surface area contributed by atoms with Crippen molar-refractivity contribution in [1.82, 2.24) is 4.31 Å². The summed E-state index contributed by atoms with van der Waals surface area (Å²) in [6, 6.07) is -1.22. The van der Waals surface area contributed by atoms with Crippen LogP contribution >= 0.6 is 11.3 Å². The number of hydrogen-bond donors (Lipinski definition) is 1. The van der Waals surface area contributed by atoms with Gasteiger partial charge < -0.3 is 14.6 Å². The van der Waals surface area contributed by atoms with Crippen molar-refractivity contribution in [2.45, 2.75) is 36.4 Å². The number of sulfonamides is 1. The Labute approximate surface area is 154 Å². The van der Waals surface area contributed by atoms with Gasteiger partial charge in [0.25, 0.3) is 10.0 Å². The lowest BCUT2D eigenvalue weighted by molar-refractivity contribution is -0.142. The van der Waals surface area contributed by atoms with Crippen molar-refractivity contribution in [3.05, 3.63) is 16.0 Å². The highest BCUT2D eigenvalue weighted by molar-refractivity contribution is 7.91. The second-order valence-electron chi connectivity index (χ2n) is 5.67. The van der Waals surface area contributed by atoms with Gasteiger partial charge in [-0.15, -0.1) is 11.3 Å². The number of carbonyl (C=O) groups is 3. The molecule has 1 saturated heterocycles. The lowest BCUT2D eigenvalue weighted by atomic mass is 10.1. The summed E-state index contributed by atoms with van der Waals surface area (Å²) in [5.74, 6) is -2.96. The summed E-state index contributed by atoms with van der Waals surface area (Å²) in [6.07, 6.45) is 1.27. The van der Waals surface area contributed by atoms with E-state index in [9.17, 15) is 27.9 Å². The minimum Gasteiger partial charge on any atom is -0.480 e. The summed E-state index contributed by atoms with van der Waals surface area (Å²) >= 11 is 0.579. The van der Waals surface area contributed by atoms with Crippen molar-refractivity contribution in [2.75, 3.05) is 20.8 Å². The first-order valence-electron chi connectivity index (χ1n) is 7.71. The second kappa shape index (κ2) is 7.72. The average Bonchev–Trinajstić information content (AvgIpc) is 2.98. The smallest absolute Gasteiger partial charge is 0.348 e. The van der Waals surface area contributed by atoms with E-state index < -0.39 is 38.2 Å². The van der Waals surface area contributed by atoms with E-state index in [0.29, 0.717) is 24.2 Å². The maximum atomic E-state index is 13.1. The summed E-state index contributed by atoms with van der Waals surface area (Å²) in [5, 5.41) is 9.36. The Balaban J connectivity index is 2.66. The van der Waals surface area contributed by atoms with Crippen LogP contribution in [0.2, 0.25) is 0 Å². The summed E-state index contributed by atoms with van der Waals surface area (Å²) < 4.78 is 36.0. The van der Waals surface area contributed by atoms with E-state index >= 15 is 0 Å². The fourth-order valence-corrected chi connectivity index (χ4v) is 6.35. The number of ether oxygens (including phenoxy) is 2. The maximum absolute atomic E-state index is 13.1. The van der Waals surface area contributed by atoms with Gasteiger partial charge in [-0.2, -0.15) is 4.31 Å². The molecule has 1 aromatic rings. The van der Waals surface area contributed by atoms with Gasteiger partial charge in [-0.05, 0) is 31.7 Å². The molecule has 26 heavy (non-hydrogen) atoms. The van der Waals surface area contributed by atoms with Gasteiger partial charge >= 0.3 is 17.9 Å². The van der Waals surface area contributed by atoms with E-state index in [2.05, 4.69) is 9.47 Å². The zero-order chi connectivity index (χ0) is 19.6. The van der Waals surface area contributed by atoms with Crippen LogP contribution in [0.25, 0.3) is 0 Å². The third kappa shape index (κ3) is 3.46. The number of carboxylic acid groups (broad SMARTS) is 1. The quantitative estimate of drug-likeness (QED) is 0.725. The van der Waals surface area contributed by atoms with E-state index in [0.717, 1.165) is 18.5 Å². The van der Waals surface area contributed by atoms with Crippen molar-refractivity contribution in [3.8, 4) is 0 Å². The van der Waals surface area contributed by atoms with Crippen LogP contribution in [0, 0.1) is 6.92 Å². The minimum atomic E-state index is -4.32. The van der Waals surface area contributed by atoms with Gasteiger partial charge in [-0.25, -0.2) is 18.0 Å². The lowest BCUT2D eigenvalue weighted by Gasteiger charge is -2.31. The number of carboxylic acids is 1. The van der Waals surface area contributed by atoms with Crippen molar-refractivity contribution in [3.63, 3.8) is 0 Å². The fraction of sp³-hybridized carbons (Fsp3) is 0.533. The highest BCUT2D eigenvalue weighted by Crippen LogP contribution is 2.37. The molecule has 0 spiro atoms. The topological polar surface area (TPSA) is 127 Å². The third-order valence-electron chi connectivity index (χ3n) is 4.16. The van der Waals surface area contributed by atoms with E-state index in [-0.39, 0.29) is 29.0 Å². The normalized spacial score (nSPS) is 18.3. The molecule has 1 N–H and O–H groups in total. The molecule has 1 aliphatic heterocycles. The van der Waals surface area contributed by atoms with Gasteiger partial charge in [0.2, 0.25) is 0 Å². The molecular formula is C15H19NO8S2. The van der Waals surface area contributed by atoms with Crippen LogP contribution in [0.1, 0.15) is 44.9 Å². The highest BCUT2D eigenvalue weighted by Gasteiger charge is 2.42. The fourth-order valence-electron chi connectivity index (χ4n) is 2.84. The van der Waals surface area contributed by atoms with Crippen molar-refractivity contribution in [2.24, 2.45) is 0 Å². The number of rotatable bonds is 5. The van der Waals surface area contributed by atoms with Crippen LogP contribution in [0.4, 0.5) is 0 Å². The highest BCUT2D eigenvalue weighted by atomic mass is 32.2. The molecule has 0 saturated carbocycles. The SMILES string of the molecule is COC(=O)c1sc(S(=O)(=O)N2CCCC[C@H]2C(=O)O)c(C(=O)OC)c1C. The molecular weight excluding hydrogens is 386 g/mol. The van der Waals surface area contributed by atoms with Crippen molar-refractivity contribution < 1.29 is 37.4 Å². The summed E-state index contributed by atoms with van der Waals surface area (Å²) in [5.41, 5.74) is -0.149. The molecule has 2 heterocycles. The van der Waals surface area contributed by atoms with Crippen LogP contribution in [-0.4, -0.2) is 62.5 Å². The van der Waals surface area contributed by atoms with E-state index in [1.165, 1.54) is 6.92 Å². The van der Waals surface area contributed by atoms with E-state index in [4.69, 9.17) is 0 Å². The molecule has 9 nitrogen and oxygen atoms in total. The number of carbonyl (C=O) groups excluding carboxylic acids is 2. The largest absolute Gasteiger partial charge is 0.480 e. The number of aliphatic carboxylic acids is 1. The number of thiophene rings is 1. The molecule has 1 fully saturated rings. The Morgan fingerprint density at radius 3 is 2.31 bits per heavy atom. The molecule has 1 aromatic heterocycles. The van der Waals surface area contributed by atoms with Gasteiger partial charge in [0.1, 0.15) is 10.9 Å². The van der Waals surface area contributed by atoms with Gasteiger partial charge in [-0.3, -0.25) is 4.79 Å². The standard InChI is InChI=1S/C15H19NO8S2/c1-8-10(13(19)23-2)15(25-11(8)14(20)24-3)26(21,22)16-7-5-4-6-9(16)12(17)18/h9H,4-7H2,1-3H3,(H,17,18)/t9-/m0/s1. The van der Waals surface area contributed by atoms with Crippen LogP contribution in [0.15, 0.2) is 4.21 Å². The zero-order valence-corrected chi connectivity index (χ0v) is 16.1. The van der Waals surface area contributed by atoms with Gasteiger partial charge in [-0.1, -0.05) is 0 Å². The molecule has 0 radical (unpaired) electrons. The van der Waals surface area contributed by atoms with Gasteiger partial charge in [0.15, 0.2) is 4.21 Å². The number of esters is 2. The molecule has 1 atom stereocenters. The maximum Gasteiger partial charge on any atom is 0.348 e. The van der Waals surface area contributed by atoms with Crippen molar-refractivity contribution in [1.29, 1.82) is 0 Å². The van der Waals surface area contributed by atoms with E-state index in [1.54, 1.807) is 0 Å². The van der Waals surface area contributed by atoms with E-state index in [1.807, 2.05) is 0 Å². The summed E-state index contributed by atoms with van der Waals surface area (Å²) in [7, 11) is -2.09. The number of methoxy groups -OCH3 is 2. The lowest BCUT2D eigenvalue weighted by Crippen LogP contribution is -2.47. The first kappa shape index (κ1) is 20.3. The Hall–Kier alpha value is -1.98. The summed E-state index contributed by atoms with van der Waals surface area (Å²) in [4.78, 5) is 35.5. The van der Waals surface area contributed by atoms with Gasteiger partial charge in [0.05, 0.1) is 19.8 Å². The molecule has 0 amide bonds. The van der Waals surface area contributed by atoms with Crippen LogP contribution in [0.5, 0.6) is 0 Å². The van der Waals surface area contributed by atoms with Crippen molar-refractivity contribution >= 4 is 39.3 Å². The first-order chi connectivity index (χ1) is 12.2. The molecule has 0 aromatic carbocycles. The molecule has 1 aliphatic rings. The summed E-state index contributed by atoms with van der Waals surface area (Å²) in [6.45, 7) is 1.43. The molecule has 144 valence electrons. The average molecular weight is 405 g/mol. The first-order valence-corrected chi connectivity index (χ1v) is 9.97. The Morgan fingerprint density at radius 2 is 1.77 bits per heavy atom. The predicted molar refractivity (Wildman–Crippen MR) is 90.9 cm³/mol. The van der Waals surface area contributed by atoms with Crippen LogP contribution in [0.3, 0.4) is 0 Å². The monoisotopic (exact) mass is 405 g/mol. The minimum absolute atomic E-state index is 0.0183. The Kier molecular flexibility index (Phi) is 6.04. The van der Waals surface area contributed by atoms with Crippen LogP contribution < -0.4 is 0 Å².